The minimum absolute atomic E-state index is 0. The van der Waals surface area contributed by atoms with Crippen LogP contribution in [0.3, 0.4) is 0 Å². The third-order valence-corrected chi connectivity index (χ3v) is 0. The molecule has 0 aliphatic rings. The molecule has 0 amide bonds. The molecule has 0 aromatic rings. The van der Waals surface area contributed by atoms with Crippen LogP contribution in [0.25, 0.3) is 0 Å². The molecular weight excluding hydrogens is 223 g/mol. The molecule has 0 bridgehead atoms. The van der Waals surface area contributed by atoms with Gasteiger partial charge in [-0.05, 0) is 0 Å². The van der Waals surface area contributed by atoms with Gasteiger partial charge >= 0.3 is 10.1 Å². The third kappa shape index (κ3) is 8.83. The van der Waals surface area contributed by atoms with Gasteiger partial charge in [-0.15, -0.1) is 0 Å². The molecule has 4 heavy (non-hydrogen) atoms. The smallest absolute Gasteiger partial charge is 0.381 e. The molecule has 0 fully saturated rings. The molecule has 0 N–H and O–H groups in total. The van der Waals surface area contributed by atoms with Crippen molar-refractivity contribution < 1.29 is 30.7 Å². The van der Waals surface area contributed by atoms with Gasteiger partial charge in [-0.1, -0.05) is 0 Å². The van der Waals surface area contributed by atoms with E-state index in [0.717, 1.165) is 0 Å². The van der Waals surface area contributed by atoms with E-state index < -0.39 is 0 Å². The second-order valence-electron chi connectivity index (χ2n) is 0. The molecule has 0 aliphatic carbocycles. The summed E-state index contributed by atoms with van der Waals surface area (Å²) in [7, 11) is 1.72. The van der Waals surface area contributed by atoms with E-state index in [2.05, 4.69) is 0 Å². The summed E-state index contributed by atoms with van der Waals surface area (Å²) in [5.74, 6) is 0. The van der Waals surface area contributed by atoms with Crippen molar-refractivity contribution in [3.05, 3.63) is 0 Å². The normalized spacial score (nSPS) is 1.00. The van der Waals surface area contributed by atoms with E-state index in [1.165, 1.54) is 0 Å². The SMILES string of the molecule is O=[Si].[Sr].[Zr]. The van der Waals surface area contributed by atoms with Gasteiger partial charge in [-0.2, -0.15) is 0 Å². The van der Waals surface area contributed by atoms with Crippen LogP contribution in [0.15, 0.2) is 0 Å². The van der Waals surface area contributed by atoms with Crippen molar-refractivity contribution in [2.45, 2.75) is 0 Å². The van der Waals surface area contributed by atoms with Crippen molar-refractivity contribution in [3.8, 4) is 0 Å². The summed E-state index contributed by atoms with van der Waals surface area (Å²) in [4.78, 5) is 0. The van der Waals surface area contributed by atoms with Gasteiger partial charge in [0.05, 0.1) is 0 Å². The molecule has 16 valence electrons. The zero-order valence-electron chi connectivity index (χ0n) is 2.12. The van der Waals surface area contributed by atoms with E-state index >= 15 is 0 Å². The van der Waals surface area contributed by atoms with Crippen LogP contribution in [0.4, 0.5) is 0 Å². The summed E-state index contributed by atoms with van der Waals surface area (Å²) in [5.41, 5.74) is 0. The van der Waals surface area contributed by atoms with Crippen molar-refractivity contribution in [1.82, 2.24) is 0 Å². The molecule has 0 saturated carbocycles. The first kappa shape index (κ1) is 16.2. The van der Waals surface area contributed by atoms with Crippen molar-refractivity contribution >= 4 is 55.6 Å². The fourth-order valence-corrected chi connectivity index (χ4v) is 0. The topological polar surface area (TPSA) is 17.1 Å². The van der Waals surface area contributed by atoms with E-state index in [0.29, 0.717) is 0 Å². The fourth-order valence-electron chi connectivity index (χ4n) is 0. The van der Waals surface area contributed by atoms with Crippen LogP contribution in [0.2, 0.25) is 0 Å². The van der Waals surface area contributed by atoms with Crippen LogP contribution in [0.1, 0.15) is 0 Å². The van der Waals surface area contributed by atoms with Gasteiger partial charge in [0.1, 0.15) is 0 Å². The third-order valence-electron chi connectivity index (χ3n) is 0. The van der Waals surface area contributed by atoms with Crippen molar-refractivity contribution in [2.24, 2.45) is 0 Å². The Bertz CT molecular complexity index is 8.00. The van der Waals surface area contributed by atoms with Gasteiger partial charge in [0.25, 0.3) is 0 Å². The molecule has 0 atom stereocenters. The fraction of sp³-hybridized carbons (Fsp3) is 0. The van der Waals surface area contributed by atoms with Crippen LogP contribution >= 0.6 is 0 Å². The Labute approximate surface area is 84.4 Å². The predicted molar refractivity (Wildman–Crippen MR) is 12.2 cm³/mol. The Kier molecular flexibility index (Phi) is 73.6. The average Bonchev–Trinajstić information content (AvgIpc) is 1.00. The number of rotatable bonds is 0. The second-order valence-corrected chi connectivity index (χ2v) is 0. The summed E-state index contributed by atoms with van der Waals surface area (Å²) < 4.78 is 8.06. The zero-order valence-corrected chi connectivity index (χ0v) is 9.05. The Balaban J connectivity index is -0.00000000500. The molecule has 4 radical (unpaired) electrons. The largest absolute Gasteiger partial charge is 0.381 e. The molecule has 1 nitrogen and oxygen atoms in total. The molecule has 0 rings (SSSR count). The average molecular weight is 223 g/mol. The van der Waals surface area contributed by atoms with Crippen LogP contribution < -0.4 is 0 Å². The summed E-state index contributed by atoms with van der Waals surface area (Å²) >= 11 is 0. The van der Waals surface area contributed by atoms with Gasteiger partial charge < -0.3 is 4.46 Å². The molecule has 0 heterocycles. The summed E-state index contributed by atoms with van der Waals surface area (Å²) in [6, 6.07) is 0. The van der Waals surface area contributed by atoms with Gasteiger partial charge in [-0.3, -0.25) is 0 Å². The van der Waals surface area contributed by atoms with Crippen molar-refractivity contribution in [2.75, 3.05) is 0 Å². The maximum absolute atomic E-state index is 8.06. The quantitative estimate of drug-likeness (QED) is 0.487. The first-order valence-electron chi connectivity index (χ1n) is 0.204. The Morgan fingerprint density at radius 3 is 1.25 bits per heavy atom. The zero-order chi connectivity index (χ0) is 2.00. The van der Waals surface area contributed by atoms with E-state index in [1.807, 2.05) is 0 Å². The molecule has 0 saturated heterocycles. The monoisotopic (exact) mass is 222 g/mol. The second kappa shape index (κ2) is 18.2. The van der Waals surface area contributed by atoms with E-state index in [1.54, 1.807) is 10.1 Å². The molecule has 0 aromatic carbocycles. The maximum Gasteiger partial charge on any atom is 0.381 e. The molecule has 4 heteroatoms. The Hall–Kier alpha value is 2.38. The van der Waals surface area contributed by atoms with Gasteiger partial charge in [0, 0.05) is 71.7 Å². The van der Waals surface area contributed by atoms with Crippen LogP contribution in [0.5, 0.6) is 0 Å². The maximum atomic E-state index is 8.06. The summed E-state index contributed by atoms with van der Waals surface area (Å²) in [6.45, 7) is 0. The van der Waals surface area contributed by atoms with E-state index in [-0.39, 0.29) is 71.7 Å². The summed E-state index contributed by atoms with van der Waals surface area (Å²) in [6.07, 6.45) is 0. The molecular formula is OSiSrZr. The predicted octanol–water partition coefficient (Wildman–Crippen LogP) is -0.883. The molecule has 0 aromatic heterocycles. The van der Waals surface area contributed by atoms with Crippen LogP contribution in [0, 0.1) is 0 Å². The van der Waals surface area contributed by atoms with Crippen LogP contribution in [-0.2, 0) is 30.7 Å². The Morgan fingerprint density at radius 1 is 1.25 bits per heavy atom. The van der Waals surface area contributed by atoms with Gasteiger partial charge in [0.15, 0.2) is 0 Å². The minimum Gasteiger partial charge on any atom is -0.381 e. The first-order valence-corrected chi connectivity index (χ1v) is 0.612. The van der Waals surface area contributed by atoms with E-state index in [4.69, 9.17) is 4.46 Å². The van der Waals surface area contributed by atoms with Crippen molar-refractivity contribution in [3.63, 3.8) is 0 Å². The van der Waals surface area contributed by atoms with Crippen molar-refractivity contribution in [1.29, 1.82) is 0 Å². The number of hydrogen-bond donors (Lipinski definition) is 0. The molecule has 0 aliphatic heterocycles. The molecule has 0 spiro atoms. The summed E-state index contributed by atoms with van der Waals surface area (Å²) in [5, 5.41) is 0. The van der Waals surface area contributed by atoms with Gasteiger partial charge in [-0.25, -0.2) is 0 Å². The van der Waals surface area contributed by atoms with Gasteiger partial charge in [0.2, 0.25) is 0 Å². The molecule has 0 unspecified atom stereocenters. The van der Waals surface area contributed by atoms with Crippen LogP contribution in [-0.4, -0.2) is 55.6 Å². The van der Waals surface area contributed by atoms with E-state index in [9.17, 15) is 0 Å². The first-order chi connectivity index (χ1) is 1.00. The number of hydrogen-bond acceptors (Lipinski definition) is 1. The standard InChI is InChI=1S/OSi.Sr.Zr/c1-2;;. The Morgan fingerprint density at radius 2 is 1.25 bits per heavy atom. The minimum atomic E-state index is 0.